The number of methoxy groups -OCH3 is 2. The van der Waals surface area contributed by atoms with Crippen molar-refractivity contribution in [2.75, 3.05) is 19.5 Å². The van der Waals surface area contributed by atoms with E-state index in [4.69, 9.17) is 16.3 Å². The minimum Gasteiger partial charge on any atom is -0.481 e. The molecule has 0 saturated heterocycles. The molecule has 6 nitrogen and oxygen atoms in total. The Bertz CT molecular complexity index is 677. The number of halogens is 1. The average molecular weight is 308 g/mol. The van der Waals surface area contributed by atoms with Crippen LogP contribution in [0.4, 0.5) is 11.6 Å². The number of nitrogens with zero attached hydrogens (tertiary/aromatic N) is 2. The zero-order chi connectivity index (χ0) is 15.4. The quantitative estimate of drug-likeness (QED) is 0.875. The SMILES string of the molecule is COC(=O)c1cc(OC)nc(Nc2cccc(Cl)c2C)n1. The molecule has 1 aromatic heterocycles. The monoisotopic (exact) mass is 307 g/mol. The lowest BCUT2D eigenvalue weighted by Gasteiger charge is -2.11. The van der Waals surface area contributed by atoms with Gasteiger partial charge in [0.1, 0.15) is 0 Å². The van der Waals surface area contributed by atoms with Gasteiger partial charge < -0.3 is 14.8 Å². The van der Waals surface area contributed by atoms with Crippen molar-refractivity contribution in [1.29, 1.82) is 0 Å². The second-order valence-corrected chi connectivity index (χ2v) is 4.56. The van der Waals surface area contributed by atoms with Gasteiger partial charge in [0, 0.05) is 16.8 Å². The summed E-state index contributed by atoms with van der Waals surface area (Å²) in [6.45, 7) is 1.87. The minimum atomic E-state index is -0.568. The number of benzene rings is 1. The van der Waals surface area contributed by atoms with Crippen LogP contribution >= 0.6 is 11.6 Å². The van der Waals surface area contributed by atoms with Crippen LogP contribution in [0.3, 0.4) is 0 Å². The predicted molar refractivity (Wildman–Crippen MR) is 79.4 cm³/mol. The van der Waals surface area contributed by atoms with Crippen molar-refractivity contribution in [3.63, 3.8) is 0 Å². The van der Waals surface area contributed by atoms with E-state index in [-0.39, 0.29) is 17.5 Å². The molecule has 0 spiro atoms. The van der Waals surface area contributed by atoms with Crippen molar-refractivity contribution in [2.45, 2.75) is 6.92 Å². The Labute approximate surface area is 127 Å². The van der Waals surface area contributed by atoms with E-state index >= 15 is 0 Å². The van der Waals surface area contributed by atoms with Crippen LogP contribution < -0.4 is 10.1 Å². The van der Waals surface area contributed by atoms with Gasteiger partial charge in [-0.2, -0.15) is 4.98 Å². The van der Waals surface area contributed by atoms with Crippen molar-refractivity contribution in [1.82, 2.24) is 9.97 Å². The number of carbonyl (C=O) groups is 1. The van der Waals surface area contributed by atoms with E-state index in [0.717, 1.165) is 11.3 Å². The summed E-state index contributed by atoms with van der Waals surface area (Å²) in [4.78, 5) is 19.8. The smallest absolute Gasteiger partial charge is 0.357 e. The molecule has 1 N–H and O–H groups in total. The van der Waals surface area contributed by atoms with E-state index in [9.17, 15) is 4.79 Å². The number of nitrogens with one attached hydrogen (secondary N) is 1. The van der Waals surface area contributed by atoms with E-state index in [2.05, 4.69) is 20.0 Å². The molecule has 0 unspecified atom stereocenters. The number of esters is 1. The molecule has 0 bridgehead atoms. The molecule has 0 saturated carbocycles. The van der Waals surface area contributed by atoms with Crippen molar-refractivity contribution in [2.24, 2.45) is 0 Å². The van der Waals surface area contributed by atoms with Crippen LogP contribution in [0.25, 0.3) is 0 Å². The van der Waals surface area contributed by atoms with E-state index in [1.54, 1.807) is 12.1 Å². The van der Waals surface area contributed by atoms with Gasteiger partial charge in [-0.25, -0.2) is 9.78 Å². The first-order valence-electron chi connectivity index (χ1n) is 6.08. The summed E-state index contributed by atoms with van der Waals surface area (Å²) in [6, 6.07) is 6.83. The van der Waals surface area contributed by atoms with Crippen molar-refractivity contribution >= 4 is 29.2 Å². The standard InChI is InChI=1S/C14H14ClN3O3/c1-8-9(15)5-4-6-10(8)16-14-17-11(13(19)21-3)7-12(18-14)20-2/h4-7H,1-3H3,(H,16,17,18). The lowest BCUT2D eigenvalue weighted by molar-refractivity contribution is 0.0593. The van der Waals surface area contributed by atoms with Crippen molar-refractivity contribution in [3.8, 4) is 5.88 Å². The van der Waals surface area contributed by atoms with Gasteiger partial charge in [0.25, 0.3) is 0 Å². The normalized spacial score (nSPS) is 10.1. The van der Waals surface area contributed by atoms with Gasteiger partial charge in [0.05, 0.1) is 14.2 Å². The fraction of sp³-hybridized carbons (Fsp3) is 0.214. The van der Waals surface area contributed by atoms with E-state index in [1.165, 1.54) is 20.3 Å². The molecule has 0 aliphatic carbocycles. The number of anilines is 2. The molecule has 1 aromatic carbocycles. The van der Waals surface area contributed by atoms with Gasteiger partial charge in [-0.05, 0) is 24.6 Å². The third-order valence-electron chi connectivity index (χ3n) is 2.82. The summed E-state index contributed by atoms with van der Waals surface area (Å²) < 4.78 is 9.71. The largest absolute Gasteiger partial charge is 0.481 e. The summed E-state index contributed by atoms with van der Waals surface area (Å²) in [7, 11) is 2.74. The summed E-state index contributed by atoms with van der Waals surface area (Å²) in [5.41, 5.74) is 1.70. The topological polar surface area (TPSA) is 73.3 Å². The average Bonchev–Trinajstić information content (AvgIpc) is 2.50. The number of carbonyl (C=O) groups excluding carboxylic acids is 1. The Kier molecular flexibility index (Phi) is 4.59. The van der Waals surface area contributed by atoms with E-state index < -0.39 is 5.97 Å². The lowest BCUT2D eigenvalue weighted by Crippen LogP contribution is -2.09. The maximum Gasteiger partial charge on any atom is 0.357 e. The van der Waals surface area contributed by atoms with Crippen LogP contribution in [-0.4, -0.2) is 30.2 Å². The second-order valence-electron chi connectivity index (χ2n) is 4.15. The van der Waals surface area contributed by atoms with E-state index in [1.807, 2.05) is 13.0 Å². The van der Waals surface area contributed by atoms with Gasteiger partial charge in [-0.15, -0.1) is 0 Å². The minimum absolute atomic E-state index is 0.103. The molecular formula is C14H14ClN3O3. The first-order valence-corrected chi connectivity index (χ1v) is 6.46. The second kappa shape index (κ2) is 6.41. The molecule has 0 radical (unpaired) electrons. The van der Waals surface area contributed by atoms with Crippen molar-refractivity contribution in [3.05, 3.63) is 40.5 Å². The molecule has 7 heteroatoms. The summed E-state index contributed by atoms with van der Waals surface area (Å²) in [5, 5.41) is 3.63. The van der Waals surface area contributed by atoms with Crippen LogP contribution in [0.15, 0.2) is 24.3 Å². The summed E-state index contributed by atoms with van der Waals surface area (Å²) >= 11 is 6.06. The van der Waals surface area contributed by atoms with Crippen LogP contribution in [0.2, 0.25) is 5.02 Å². The van der Waals surface area contributed by atoms with Gasteiger partial charge in [0.2, 0.25) is 11.8 Å². The molecule has 0 atom stereocenters. The Morgan fingerprint density at radius 2 is 2.05 bits per heavy atom. The number of aromatic nitrogens is 2. The predicted octanol–water partition coefficient (Wildman–Crippen LogP) is 2.98. The molecule has 2 aromatic rings. The molecular weight excluding hydrogens is 294 g/mol. The number of ether oxygens (including phenoxy) is 2. The molecule has 0 aliphatic heterocycles. The van der Waals surface area contributed by atoms with Gasteiger partial charge in [0.15, 0.2) is 5.69 Å². The van der Waals surface area contributed by atoms with E-state index in [0.29, 0.717) is 5.02 Å². The zero-order valence-electron chi connectivity index (χ0n) is 11.8. The molecule has 2 rings (SSSR count). The van der Waals surface area contributed by atoms with Gasteiger partial charge in [-0.1, -0.05) is 17.7 Å². The molecule has 0 amide bonds. The Hall–Kier alpha value is -2.34. The Balaban J connectivity index is 2.39. The van der Waals surface area contributed by atoms with Crippen molar-refractivity contribution < 1.29 is 14.3 Å². The zero-order valence-corrected chi connectivity index (χ0v) is 12.6. The fourth-order valence-electron chi connectivity index (χ4n) is 1.66. The summed E-state index contributed by atoms with van der Waals surface area (Å²) in [5.74, 6) is -0.0886. The maximum atomic E-state index is 11.6. The van der Waals surface area contributed by atoms with Crippen LogP contribution in [0, 0.1) is 6.92 Å². The molecule has 110 valence electrons. The lowest BCUT2D eigenvalue weighted by atomic mass is 10.2. The maximum absolute atomic E-state index is 11.6. The fourth-order valence-corrected chi connectivity index (χ4v) is 1.83. The van der Waals surface area contributed by atoms with Crippen LogP contribution in [0.5, 0.6) is 5.88 Å². The number of rotatable bonds is 4. The Morgan fingerprint density at radius 3 is 2.71 bits per heavy atom. The first-order chi connectivity index (χ1) is 10.0. The third kappa shape index (κ3) is 3.41. The Morgan fingerprint density at radius 1 is 1.29 bits per heavy atom. The van der Waals surface area contributed by atoms with Gasteiger partial charge >= 0.3 is 5.97 Å². The molecule has 21 heavy (non-hydrogen) atoms. The van der Waals surface area contributed by atoms with Crippen LogP contribution in [-0.2, 0) is 4.74 Å². The number of hydrogen-bond donors (Lipinski definition) is 1. The van der Waals surface area contributed by atoms with Crippen LogP contribution in [0.1, 0.15) is 16.1 Å². The highest BCUT2D eigenvalue weighted by Crippen LogP contribution is 2.25. The highest BCUT2D eigenvalue weighted by Gasteiger charge is 2.13. The number of hydrogen-bond acceptors (Lipinski definition) is 6. The summed E-state index contributed by atoms with van der Waals surface area (Å²) in [6.07, 6.45) is 0. The molecule has 1 heterocycles. The van der Waals surface area contributed by atoms with Gasteiger partial charge in [-0.3, -0.25) is 0 Å². The molecule has 0 fully saturated rings. The third-order valence-corrected chi connectivity index (χ3v) is 3.23. The highest BCUT2D eigenvalue weighted by atomic mass is 35.5. The first kappa shape index (κ1) is 15.1. The molecule has 0 aliphatic rings. The highest BCUT2D eigenvalue weighted by molar-refractivity contribution is 6.31.